The Morgan fingerprint density at radius 3 is 1.52 bits per heavy atom. The first-order chi connectivity index (χ1) is 14.8. The van der Waals surface area contributed by atoms with Crippen LogP contribution in [-0.2, 0) is 21.7 Å². The van der Waals surface area contributed by atoms with Crippen LogP contribution in [0.4, 0.5) is 0 Å². The van der Waals surface area contributed by atoms with Crippen LogP contribution in [0.15, 0.2) is 30.3 Å². The van der Waals surface area contributed by atoms with E-state index in [1.165, 1.54) is 22.3 Å². The molecular weight excluding hydrogens is 400 g/mol. The Labute approximate surface area is 205 Å². The average Bonchev–Trinajstić information content (AvgIpc) is 2.71. The lowest BCUT2D eigenvalue weighted by molar-refractivity contribution is 0.434. The first-order valence-corrected chi connectivity index (χ1v) is 12.9. The third-order valence-electron chi connectivity index (χ3n) is 8.07. The Kier molecular flexibility index (Phi) is 7.60. The molecule has 33 heavy (non-hydrogen) atoms. The van der Waals surface area contributed by atoms with Crippen LogP contribution in [0, 0.1) is 0 Å². The van der Waals surface area contributed by atoms with E-state index in [2.05, 4.69) is 120 Å². The van der Waals surface area contributed by atoms with Crippen LogP contribution < -0.4 is 0 Å². The van der Waals surface area contributed by atoms with Gasteiger partial charge in [0, 0.05) is 11.5 Å². The largest absolute Gasteiger partial charge is 0.507 e. The lowest BCUT2D eigenvalue weighted by Crippen LogP contribution is -2.21. The topological polar surface area (TPSA) is 20.2 Å². The first-order valence-electron chi connectivity index (χ1n) is 12.9. The van der Waals surface area contributed by atoms with Crippen LogP contribution in [0.2, 0.25) is 0 Å². The SMILES string of the molecule is CCC(C)(C)c1cc(C(C)c2cc(C(C)(C)CC)cc(C(C)(C)C)c2O)cc(C(C)(C)C)c1. The Hall–Kier alpha value is -1.76. The van der Waals surface area contributed by atoms with Gasteiger partial charge in [0.1, 0.15) is 5.75 Å². The summed E-state index contributed by atoms with van der Waals surface area (Å²) in [6, 6.07) is 11.7. The Balaban J connectivity index is 2.83. The first kappa shape index (κ1) is 27.5. The molecule has 1 nitrogen and oxygen atoms in total. The van der Waals surface area contributed by atoms with Gasteiger partial charge in [-0.3, -0.25) is 0 Å². The Morgan fingerprint density at radius 1 is 0.636 bits per heavy atom. The predicted molar refractivity (Wildman–Crippen MR) is 146 cm³/mol. The highest BCUT2D eigenvalue weighted by molar-refractivity contribution is 5.53. The Morgan fingerprint density at radius 2 is 1.09 bits per heavy atom. The molecule has 0 fully saturated rings. The van der Waals surface area contributed by atoms with E-state index in [1.54, 1.807) is 0 Å². The van der Waals surface area contributed by atoms with Gasteiger partial charge in [-0.2, -0.15) is 0 Å². The van der Waals surface area contributed by atoms with E-state index < -0.39 is 0 Å². The minimum Gasteiger partial charge on any atom is -0.507 e. The van der Waals surface area contributed by atoms with E-state index in [-0.39, 0.29) is 27.6 Å². The number of phenolic OH excluding ortho intramolecular Hbond substituents is 1. The van der Waals surface area contributed by atoms with Crippen molar-refractivity contribution in [1.29, 1.82) is 0 Å². The van der Waals surface area contributed by atoms with Gasteiger partial charge in [-0.25, -0.2) is 0 Å². The third-order valence-corrected chi connectivity index (χ3v) is 8.07. The lowest BCUT2D eigenvalue weighted by atomic mass is 9.73. The smallest absolute Gasteiger partial charge is 0.123 e. The fourth-order valence-electron chi connectivity index (χ4n) is 4.26. The van der Waals surface area contributed by atoms with Crippen molar-refractivity contribution < 1.29 is 5.11 Å². The summed E-state index contributed by atoms with van der Waals surface area (Å²) in [6.45, 7) is 29.5. The molecule has 0 heterocycles. The van der Waals surface area contributed by atoms with Gasteiger partial charge in [-0.05, 0) is 62.3 Å². The van der Waals surface area contributed by atoms with Gasteiger partial charge < -0.3 is 5.11 Å². The summed E-state index contributed by atoms with van der Waals surface area (Å²) in [5, 5.41) is 11.5. The third kappa shape index (κ3) is 5.84. The lowest BCUT2D eigenvalue weighted by Gasteiger charge is -2.32. The second kappa shape index (κ2) is 9.12. The summed E-state index contributed by atoms with van der Waals surface area (Å²) in [4.78, 5) is 0. The quantitative estimate of drug-likeness (QED) is 0.464. The molecule has 0 aromatic heterocycles. The molecule has 0 saturated heterocycles. The second-order valence-corrected chi connectivity index (χ2v) is 13.5. The number of aromatic hydroxyl groups is 1. The van der Waals surface area contributed by atoms with Crippen molar-refractivity contribution in [2.45, 2.75) is 130 Å². The maximum Gasteiger partial charge on any atom is 0.123 e. The monoisotopic (exact) mass is 450 g/mol. The van der Waals surface area contributed by atoms with Crippen LogP contribution in [0.3, 0.4) is 0 Å². The molecule has 2 aromatic carbocycles. The van der Waals surface area contributed by atoms with E-state index in [9.17, 15) is 5.11 Å². The van der Waals surface area contributed by atoms with Crippen LogP contribution in [-0.4, -0.2) is 5.11 Å². The number of hydrogen-bond donors (Lipinski definition) is 1. The van der Waals surface area contributed by atoms with E-state index in [1.807, 2.05) is 0 Å². The van der Waals surface area contributed by atoms with Crippen molar-refractivity contribution in [3.8, 4) is 5.75 Å². The number of hydrogen-bond acceptors (Lipinski definition) is 1. The van der Waals surface area contributed by atoms with E-state index in [0.717, 1.165) is 24.0 Å². The van der Waals surface area contributed by atoms with Gasteiger partial charge in [0.2, 0.25) is 0 Å². The number of benzene rings is 2. The van der Waals surface area contributed by atoms with Crippen LogP contribution in [0.25, 0.3) is 0 Å². The highest BCUT2D eigenvalue weighted by atomic mass is 16.3. The molecule has 0 saturated carbocycles. The fraction of sp³-hybridized carbons (Fsp3) is 0.625. The molecule has 0 aliphatic rings. The Bertz CT molecular complexity index is 977. The summed E-state index contributed by atoms with van der Waals surface area (Å²) >= 11 is 0. The maximum absolute atomic E-state index is 11.5. The zero-order valence-electron chi connectivity index (χ0n) is 23.8. The van der Waals surface area contributed by atoms with Crippen molar-refractivity contribution in [3.05, 3.63) is 63.7 Å². The van der Waals surface area contributed by atoms with Gasteiger partial charge in [-0.1, -0.05) is 120 Å². The highest BCUT2D eigenvalue weighted by Gasteiger charge is 2.29. The van der Waals surface area contributed by atoms with Crippen molar-refractivity contribution in [2.75, 3.05) is 0 Å². The molecule has 1 heteroatoms. The molecule has 1 N–H and O–H groups in total. The molecule has 0 aliphatic heterocycles. The van der Waals surface area contributed by atoms with Gasteiger partial charge in [0.25, 0.3) is 0 Å². The normalized spacial score (nSPS) is 14.5. The summed E-state index contributed by atoms with van der Waals surface area (Å²) in [7, 11) is 0. The van der Waals surface area contributed by atoms with Crippen molar-refractivity contribution in [3.63, 3.8) is 0 Å². The minimum absolute atomic E-state index is 0.0603. The van der Waals surface area contributed by atoms with Gasteiger partial charge in [-0.15, -0.1) is 0 Å². The van der Waals surface area contributed by atoms with Gasteiger partial charge in [0.15, 0.2) is 0 Å². The molecule has 0 radical (unpaired) electrons. The predicted octanol–water partition coefficient (Wildman–Crippen LogP) is 9.51. The summed E-state index contributed by atoms with van der Waals surface area (Å²) in [5.74, 6) is 0.565. The molecule has 0 aliphatic carbocycles. The molecule has 0 bridgehead atoms. The standard InChI is InChI=1S/C32H50O/c1-14-31(10,11)24-17-22(16-23(18-24)29(4,5)6)21(3)26-19-25(32(12,13)15-2)20-27(28(26)33)30(7,8)9/h16-21,33H,14-15H2,1-13H3. The maximum atomic E-state index is 11.5. The molecule has 2 aromatic rings. The van der Waals surface area contributed by atoms with Crippen LogP contribution in [0.5, 0.6) is 5.75 Å². The van der Waals surface area contributed by atoms with Crippen molar-refractivity contribution in [2.24, 2.45) is 0 Å². The van der Waals surface area contributed by atoms with E-state index in [4.69, 9.17) is 0 Å². The second-order valence-electron chi connectivity index (χ2n) is 13.5. The zero-order chi connectivity index (χ0) is 25.6. The highest BCUT2D eigenvalue weighted by Crippen LogP contribution is 2.44. The van der Waals surface area contributed by atoms with Gasteiger partial charge in [0.05, 0.1) is 0 Å². The summed E-state index contributed by atoms with van der Waals surface area (Å²) < 4.78 is 0. The number of rotatable bonds is 6. The van der Waals surface area contributed by atoms with Crippen LogP contribution >= 0.6 is 0 Å². The molecule has 0 spiro atoms. The number of phenols is 1. The van der Waals surface area contributed by atoms with Crippen molar-refractivity contribution >= 4 is 0 Å². The van der Waals surface area contributed by atoms with Gasteiger partial charge >= 0.3 is 0 Å². The van der Waals surface area contributed by atoms with E-state index in [0.29, 0.717) is 5.75 Å². The summed E-state index contributed by atoms with van der Waals surface area (Å²) in [5.41, 5.74) is 7.57. The average molecular weight is 451 g/mol. The minimum atomic E-state index is -0.124. The summed E-state index contributed by atoms with van der Waals surface area (Å²) in [6.07, 6.45) is 2.15. The molecular formula is C32H50O. The van der Waals surface area contributed by atoms with Crippen LogP contribution in [0.1, 0.15) is 142 Å². The molecule has 1 unspecified atom stereocenters. The van der Waals surface area contributed by atoms with E-state index >= 15 is 0 Å². The molecule has 0 amide bonds. The van der Waals surface area contributed by atoms with Crippen molar-refractivity contribution in [1.82, 2.24) is 0 Å². The molecule has 1 atom stereocenters. The fourth-order valence-corrected chi connectivity index (χ4v) is 4.26. The molecule has 184 valence electrons. The zero-order valence-corrected chi connectivity index (χ0v) is 23.8. The molecule has 2 rings (SSSR count).